The van der Waals surface area contributed by atoms with Crippen LogP contribution >= 0.6 is 0 Å². The van der Waals surface area contributed by atoms with Gasteiger partial charge in [0, 0.05) is 12.0 Å². The summed E-state index contributed by atoms with van der Waals surface area (Å²) in [4.78, 5) is 24.9. The highest BCUT2D eigenvalue weighted by Crippen LogP contribution is 2.32. The predicted molar refractivity (Wildman–Crippen MR) is 118 cm³/mol. The number of methoxy groups -OCH3 is 1. The Morgan fingerprint density at radius 1 is 0.967 bits per heavy atom. The highest BCUT2D eigenvalue weighted by molar-refractivity contribution is 5.79. The Labute approximate surface area is 180 Å². The van der Waals surface area contributed by atoms with Gasteiger partial charge in [0.05, 0.1) is 13.0 Å². The zero-order valence-electron chi connectivity index (χ0n) is 18.6. The Hall–Kier alpha value is -2.04. The summed E-state index contributed by atoms with van der Waals surface area (Å²) in [5.41, 5.74) is 1.11. The zero-order valence-corrected chi connectivity index (χ0v) is 18.6. The summed E-state index contributed by atoms with van der Waals surface area (Å²) in [6.45, 7) is 2.07. The number of hydrogen-bond acceptors (Lipinski definition) is 4. The van der Waals surface area contributed by atoms with Crippen LogP contribution in [-0.4, -0.2) is 25.0 Å². The number of ether oxygens (including phenoxy) is 2. The molecule has 0 saturated heterocycles. The second-order valence-electron chi connectivity index (χ2n) is 9.02. The summed E-state index contributed by atoms with van der Waals surface area (Å²) in [5, 5.41) is 3.18. The minimum absolute atomic E-state index is 0.0109. The maximum atomic E-state index is 12.5. The van der Waals surface area contributed by atoms with E-state index in [-0.39, 0.29) is 29.8 Å². The number of hydrogen-bond donors (Lipinski definition) is 1. The second-order valence-corrected chi connectivity index (χ2v) is 9.02. The van der Waals surface area contributed by atoms with E-state index in [1.807, 2.05) is 18.2 Å². The van der Waals surface area contributed by atoms with Crippen LogP contribution in [0, 0.1) is 11.8 Å². The first kappa shape index (κ1) is 22.6. The van der Waals surface area contributed by atoms with Crippen LogP contribution in [0.15, 0.2) is 18.2 Å². The van der Waals surface area contributed by atoms with Gasteiger partial charge in [-0.3, -0.25) is 9.59 Å². The maximum Gasteiger partial charge on any atom is 0.314 e. The van der Waals surface area contributed by atoms with Gasteiger partial charge in [-0.2, -0.15) is 0 Å². The smallest absolute Gasteiger partial charge is 0.314 e. The summed E-state index contributed by atoms with van der Waals surface area (Å²) in [6.07, 6.45) is 12.6. The van der Waals surface area contributed by atoms with Crippen molar-refractivity contribution in [1.29, 1.82) is 0 Å². The van der Waals surface area contributed by atoms with Gasteiger partial charge < -0.3 is 14.8 Å². The Kier molecular flexibility index (Phi) is 8.59. The zero-order chi connectivity index (χ0) is 21.3. The molecule has 2 aliphatic rings. The van der Waals surface area contributed by atoms with E-state index in [1.165, 1.54) is 25.7 Å². The monoisotopic (exact) mass is 415 g/mol. The minimum Gasteiger partial charge on any atom is -0.493 e. The number of carbonyl (C=O) groups is 2. The van der Waals surface area contributed by atoms with E-state index in [4.69, 9.17) is 9.47 Å². The number of benzene rings is 1. The van der Waals surface area contributed by atoms with Crippen molar-refractivity contribution in [2.75, 3.05) is 7.11 Å². The van der Waals surface area contributed by atoms with Gasteiger partial charge in [-0.25, -0.2) is 0 Å². The van der Waals surface area contributed by atoms with Crippen LogP contribution in [0.4, 0.5) is 0 Å². The van der Waals surface area contributed by atoms with Crippen LogP contribution < -0.4 is 14.8 Å². The van der Waals surface area contributed by atoms with E-state index in [2.05, 4.69) is 12.2 Å². The van der Waals surface area contributed by atoms with Crippen LogP contribution in [0.25, 0.3) is 0 Å². The van der Waals surface area contributed by atoms with E-state index in [1.54, 1.807) is 7.11 Å². The summed E-state index contributed by atoms with van der Waals surface area (Å²) in [5.74, 6) is 1.37. The molecule has 0 aliphatic heterocycles. The van der Waals surface area contributed by atoms with Gasteiger partial charge in [-0.15, -0.1) is 0 Å². The molecule has 0 bridgehead atoms. The molecule has 0 unspecified atom stereocenters. The third kappa shape index (κ3) is 6.48. The van der Waals surface area contributed by atoms with Crippen molar-refractivity contribution in [1.82, 2.24) is 5.32 Å². The molecule has 3 rings (SSSR count). The van der Waals surface area contributed by atoms with E-state index < -0.39 is 0 Å². The van der Waals surface area contributed by atoms with Crippen molar-refractivity contribution in [2.24, 2.45) is 11.8 Å². The fraction of sp³-hybridized carbons (Fsp3) is 0.680. The molecular formula is C25H37NO4. The topological polar surface area (TPSA) is 64.6 Å². The van der Waals surface area contributed by atoms with Crippen LogP contribution in [0.3, 0.4) is 0 Å². The lowest BCUT2D eigenvalue weighted by atomic mass is 9.88. The van der Waals surface area contributed by atoms with E-state index in [9.17, 15) is 9.59 Å². The van der Waals surface area contributed by atoms with Crippen LogP contribution in [0.1, 0.15) is 83.1 Å². The lowest BCUT2D eigenvalue weighted by Crippen LogP contribution is -2.38. The van der Waals surface area contributed by atoms with Gasteiger partial charge in [0.15, 0.2) is 11.5 Å². The molecule has 5 nitrogen and oxygen atoms in total. The standard InChI is InChI=1S/C25H37NO4/c1-18(26-24(27)20-9-5-3-6-10-20)13-14-19-15-16-22(23(17-19)29-2)30-25(28)21-11-7-4-8-12-21/h15-18,20-21H,3-14H2,1-2H3,(H,26,27)/t18-/m0/s1. The summed E-state index contributed by atoms with van der Waals surface area (Å²) >= 11 is 0. The second kappa shape index (κ2) is 11.4. The fourth-order valence-corrected chi connectivity index (χ4v) is 4.66. The predicted octanol–water partition coefficient (Wildman–Crippen LogP) is 5.20. The van der Waals surface area contributed by atoms with Crippen molar-refractivity contribution in [3.05, 3.63) is 23.8 Å². The number of nitrogens with one attached hydrogen (secondary N) is 1. The number of esters is 1. The molecule has 2 aliphatic carbocycles. The van der Waals surface area contributed by atoms with E-state index in [0.717, 1.165) is 56.9 Å². The van der Waals surface area contributed by atoms with Crippen molar-refractivity contribution in [2.45, 2.75) is 90.0 Å². The molecule has 30 heavy (non-hydrogen) atoms. The molecule has 0 radical (unpaired) electrons. The Balaban J connectivity index is 1.50. The molecular weight excluding hydrogens is 378 g/mol. The molecule has 0 heterocycles. The lowest BCUT2D eigenvalue weighted by molar-refractivity contribution is -0.140. The first-order valence-corrected chi connectivity index (χ1v) is 11.8. The molecule has 166 valence electrons. The molecule has 2 saturated carbocycles. The van der Waals surface area contributed by atoms with Crippen molar-refractivity contribution in [3.63, 3.8) is 0 Å². The number of rotatable bonds is 8. The van der Waals surface area contributed by atoms with Crippen LogP contribution in [0.2, 0.25) is 0 Å². The van der Waals surface area contributed by atoms with Gasteiger partial charge in [0.25, 0.3) is 0 Å². The first-order chi connectivity index (χ1) is 14.6. The van der Waals surface area contributed by atoms with Gasteiger partial charge in [0.2, 0.25) is 5.91 Å². The van der Waals surface area contributed by atoms with Crippen LogP contribution in [-0.2, 0) is 16.0 Å². The third-order valence-corrected chi connectivity index (χ3v) is 6.61. The first-order valence-electron chi connectivity index (χ1n) is 11.8. The van der Waals surface area contributed by atoms with Crippen molar-refractivity contribution in [3.8, 4) is 11.5 Å². The SMILES string of the molecule is COc1cc(CC[C@H](C)NC(=O)C2CCCCC2)ccc1OC(=O)C1CCCCC1. The molecule has 1 atom stereocenters. The number of amides is 1. The van der Waals surface area contributed by atoms with E-state index >= 15 is 0 Å². The Bertz CT molecular complexity index is 705. The molecule has 1 amide bonds. The molecule has 1 aromatic rings. The maximum absolute atomic E-state index is 12.5. The van der Waals surface area contributed by atoms with Gasteiger partial charge in [-0.05, 0) is 63.1 Å². The summed E-state index contributed by atoms with van der Waals surface area (Å²) < 4.78 is 11.1. The Morgan fingerprint density at radius 2 is 1.60 bits per heavy atom. The van der Waals surface area contributed by atoms with Crippen LogP contribution in [0.5, 0.6) is 11.5 Å². The van der Waals surface area contributed by atoms with Gasteiger partial charge >= 0.3 is 5.97 Å². The van der Waals surface area contributed by atoms with Crippen molar-refractivity contribution >= 4 is 11.9 Å². The average molecular weight is 416 g/mol. The molecule has 2 fully saturated rings. The molecule has 1 N–H and O–H groups in total. The minimum atomic E-state index is -0.139. The average Bonchev–Trinajstić information content (AvgIpc) is 2.79. The number of aryl methyl sites for hydroxylation is 1. The highest BCUT2D eigenvalue weighted by Gasteiger charge is 2.24. The molecule has 5 heteroatoms. The highest BCUT2D eigenvalue weighted by atomic mass is 16.6. The van der Waals surface area contributed by atoms with Crippen molar-refractivity contribution < 1.29 is 19.1 Å². The fourth-order valence-electron chi connectivity index (χ4n) is 4.66. The van der Waals surface area contributed by atoms with E-state index in [0.29, 0.717) is 11.5 Å². The quantitative estimate of drug-likeness (QED) is 0.468. The van der Waals surface area contributed by atoms with Gasteiger partial charge in [0.1, 0.15) is 0 Å². The molecule has 0 aromatic heterocycles. The molecule has 0 spiro atoms. The number of carbonyl (C=O) groups excluding carboxylic acids is 2. The van der Waals surface area contributed by atoms with Gasteiger partial charge in [-0.1, -0.05) is 44.6 Å². The Morgan fingerprint density at radius 3 is 2.23 bits per heavy atom. The third-order valence-electron chi connectivity index (χ3n) is 6.61. The summed E-state index contributed by atoms with van der Waals surface area (Å²) in [7, 11) is 1.60. The normalized spacial score (nSPS) is 19.1. The molecule has 1 aromatic carbocycles. The lowest BCUT2D eigenvalue weighted by Gasteiger charge is -2.23. The largest absolute Gasteiger partial charge is 0.493 e. The summed E-state index contributed by atoms with van der Waals surface area (Å²) in [6, 6.07) is 5.90.